The van der Waals surface area contributed by atoms with Gasteiger partial charge in [-0.2, -0.15) is 5.26 Å². The fourth-order valence-corrected chi connectivity index (χ4v) is 0.860. The number of nitriles is 1. The van der Waals surface area contributed by atoms with Crippen LogP contribution in [0, 0.1) is 29.9 Å². The third-order valence-corrected chi connectivity index (χ3v) is 1.62. The summed E-state index contributed by atoms with van der Waals surface area (Å²) in [5.41, 5.74) is 5.27. The molecule has 0 bridgehead atoms. The lowest BCUT2D eigenvalue weighted by atomic mass is 10.1. The normalized spacial score (nSPS) is 9.50. The van der Waals surface area contributed by atoms with E-state index in [1.807, 2.05) is 0 Å². The minimum absolute atomic E-state index is 0.00333. The van der Waals surface area contributed by atoms with Crippen LogP contribution in [0.4, 0.5) is 14.5 Å². The Labute approximate surface area is 68.2 Å². The van der Waals surface area contributed by atoms with Gasteiger partial charge in [0.25, 0.3) is 0 Å². The van der Waals surface area contributed by atoms with Crippen molar-refractivity contribution in [2.75, 3.05) is 5.73 Å². The van der Waals surface area contributed by atoms with E-state index in [0.29, 0.717) is 0 Å². The number of hydrogen-bond acceptors (Lipinski definition) is 2. The molecular formula is C8H6F2N2. The molecule has 2 nitrogen and oxygen atoms in total. The molecule has 4 heteroatoms. The van der Waals surface area contributed by atoms with Crippen LogP contribution in [0.5, 0.6) is 0 Å². The van der Waals surface area contributed by atoms with E-state index in [2.05, 4.69) is 0 Å². The lowest BCUT2D eigenvalue weighted by Gasteiger charge is -2.03. The maximum absolute atomic E-state index is 12.7. The highest BCUT2D eigenvalue weighted by Gasteiger charge is 2.12. The third kappa shape index (κ3) is 1.10. The highest BCUT2D eigenvalue weighted by atomic mass is 19.2. The van der Waals surface area contributed by atoms with Gasteiger partial charge in [0, 0.05) is 5.56 Å². The number of hydrogen-bond donors (Lipinski definition) is 1. The molecule has 62 valence electrons. The summed E-state index contributed by atoms with van der Waals surface area (Å²) >= 11 is 0. The predicted molar refractivity (Wildman–Crippen MR) is 40.2 cm³/mol. The van der Waals surface area contributed by atoms with E-state index in [1.54, 1.807) is 6.07 Å². The van der Waals surface area contributed by atoms with E-state index in [-0.39, 0.29) is 16.8 Å². The van der Waals surface area contributed by atoms with Crippen LogP contribution >= 0.6 is 0 Å². The molecule has 0 saturated carbocycles. The van der Waals surface area contributed by atoms with E-state index in [4.69, 9.17) is 11.0 Å². The smallest absolute Gasteiger partial charge is 0.163 e. The van der Waals surface area contributed by atoms with Gasteiger partial charge in [-0.1, -0.05) is 0 Å². The largest absolute Gasteiger partial charge is 0.397 e. The fraction of sp³-hybridized carbons (Fsp3) is 0.125. The molecule has 12 heavy (non-hydrogen) atoms. The number of nitrogens with two attached hydrogens (primary N) is 1. The Kier molecular flexibility index (Phi) is 1.96. The van der Waals surface area contributed by atoms with Gasteiger partial charge in [0.05, 0.1) is 11.3 Å². The van der Waals surface area contributed by atoms with Crippen LogP contribution in [0.3, 0.4) is 0 Å². The molecule has 0 aliphatic heterocycles. The molecule has 0 aromatic heterocycles. The Bertz CT molecular complexity index is 366. The molecule has 0 saturated heterocycles. The second kappa shape index (κ2) is 2.78. The van der Waals surface area contributed by atoms with Crippen LogP contribution in [-0.4, -0.2) is 0 Å². The molecule has 0 aliphatic carbocycles. The van der Waals surface area contributed by atoms with E-state index < -0.39 is 11.6 Å². The monoisotopic (exact) mass is 168 g/mol. The minimum atomic E-state index is -1.04. The summed E-state index contributed by atoms with van der Waals surface area (Å²) in [5.74, 6) is -2.04. The van der Waals surface area contributed by atoms with Gasteiger partial charge in [0.1, 0.15) is 6.07 Å². The Morgan fingerprint density at radius 2 is 2.08 bits per heavy atom. The molecule has 1 aromatic rings. The number of rotatable bonds is 0. The molecule has 1 aromatic carbocycles. The summed E-state index contributed by atoms with van der Waals surface area (Å²) in [6.07, 6.45) is 0. The van der Waals surface area contributed by atoms with E-state index >= 15 is 0 Å². The maximum Gasteiger partial charge on any atom is 0.163 e. The van der Waals surface area contributed by atoms with Crippen molar-refractivity contribution in [1.82, 2.24) is 0 Å². The van der Waals surface area contributed by atoms with Gasteiger partial charge in [-0.05, 0) is 13.0 Å². The van der Waals surface area contributed by atoms with E-state index in [1.165, 1.54) is 6.92 Å². The highest BCUT2D eigenvalue weighted by molar-refractivity contribution is 5.59. The van der Waals surface area contributed by atoms with E-state index in [9.17, 15) is 8.78 Å². The van der Waals surface area contributed by atoms with Crippen molar-refractivity contribution in [3.63, 3.8) is 0 Å². The number of nitrogen functional groups attached to an aromatic ring is 1. The average Bonchev–Trinajstić information content (AvgIpc) is 2.08. The molecule has 0 spiro atoms. The van der Waals surface area contributed by atoms with Crippen LogP contribution in [-0.2, 0) is 0 Å². The molecule has 0 heterocycles. The van der Waals surface area contributed by atoms with Crippen LogP contribution in [0.25, 0.3) is 0 Å². The maximum atomic E-state index is 12.7. The Balaban J connectivity index is 3.52. The molecule has 0 aliphatic rings. The van der Waals surface area contributed by atoms with Crippen molar-refractivity contribution in [1.29, 1.82) is 5.26 Å². The van der Waals surface area contributed by atoms with E-state index in [0.717, 1.165) is 6.07 Å². The lowest BCUT2D eigenvalue weighted by Crippen LogP contribution is -1.99. The summed E-state index contributed by atoms with van der Waals surface area (Å²) in [7, 11) is 0. The zero-order valence-electron chi connectivity index (χ0n) is 6.36. The quantitative estimate of drug-likeness (QED) is 0.599. The zero-order chi connectivity index (χ0) is 9.30. The topological polar surface area (TPSA) is 49.8 Å². The summed E-state index contributed by atoms with van der Waals surface area (Å²) < 4.78 is 25.4. The Morgan fingerprint density at radius 1 is 1.50 bits per heavy atom. The lowest BCUT2D eigenvalue weighted by molar-refractivity contribution is 0.503. The van der Waals surface area contributed by atoms with Crippen LogP contribution in [0.2, 0.25) is 0 Å². The SMILES string of the molecule is Cc1c(N)c(C#N)cc(F)c1F. The molecule has 0 fully saturated rings. The van der Waals surface area contributed by atoms with Gasteiger partial charge in [0.15, 0.2) is 11.6 Å². The van der Waals surface area contributed by atoms with Gasteiger partial charge in [0.2, 0.25) is 0 Å². The predicted octanol–water partition coefficient (Wildman–Crippen LogP) is 1.73. The number of halogens is 2. The van der Waals surface area contributed by atoms with Crippen molar-refractivity contribution in [3.8, 4) is 6.07 Å². The summed E-state index contributed by atoms with van der Waals surface area (Å²) in [4.78, 5) is 0. The van der Waals surface area contributed by atoms with Crippen molar-refractivity contribution in [2.45, 2.75) is 6.92 Å². The molecular weight excluding hydrogens is 162 g/mol. The molecule has 0 amide bonds. The van der Waals surface area contributed by atoms with Crippen LogP contribution in [0.1, 0.15) is 11.1 Å². The van der Waals surface area contributed by atoms with Crippen molar-refractivity contribution in [2.24, 2.45) is 0 Å². The first-order valence-electron chi connectivity index (χ1n) is 3.22. The van der Waals surface area contributed by atoms with Crippen LogP contribution < -0.4 is 5.73 Å². The van der Waals surface area contributed by atoms with Gasteiger partial charge in [-0.15, -0.1) is 0 Å². The summed E-state index contributed by atoms with van der Waals surface area (Å²) in [6, 6.07) is 2.46. The second-order valence-electron chi connectivity index (χ2n) is 2.37. The number of benzene rings is 1. The molecule has 2 N–H and O–H groups in total. The van der Waals surface area contributed by atoms with Gasteiger partial charge in [-0.3, -0.25) is 0 Å². The molecule has 0 atom stereocenters. The standard InChI is InChI=1S/C8H6F2N2/c1-4-7(10)6(9)2-5(3-11)8(4)12/h2H,12H2,1H3. The first-order chi connectivity index (χ1) is 5.57. The van der Waals surface area contributed by atoms with Crippen molar-refractivity contribution in [3.05, 3.63) is 28.8 Å². The zero-order valence-corrected chi connectivity index (χ0v) is 6.36. The van der Waals surface area contributed by atoms with Gasteiger partial charge >= 0.3 is 0 Å². The average molecular weight is 168 g/mol. The van der Waals surface area contributed by atoms with Crippen molar-refractivity contribution >= 4 is 5.69 Å². The van der Waals surface area contributed by atoms with Gasteiger partial charge in [-0.25, -0.2) is 8.78 Å². The molecule has 1 rings (SSSR count). The number of nitrogens with zero attached hydrogens (tertiary/aromatic N) is 1. The molecule has 0 unspecified atom stereocenters. The minimum Gasteiger partial charge on any atom is -0.397 e. The first kappa shape index (κ1) is 8.47. The Morgan fingerprint density at radius 3 is 2.58 bits per heavy atom. The summed E-state index contributed by atoms with van der Waals surface area (Å²) in [6.45, 7) is 1.33. The second-order valence-corrected chi connectivity index (χ2v) is 2.37. The Hall–Kier alpha value is -1.63. The fourth-order valence-electron chi connectivity index (χ4n) is 0.860. The summed E-state index contributed by atoms with van der Waals surface area (Å²) in [5, 5.41) is 8.44. The van der Waals surface area contributed by atoms with Gasteiger partial charge < -0.3 is 5.73 Å². The molecule has 0 radical (unpaired) electrons. The highest BCUT2D eigenvalue weighted by Crippen LogP contribution is 2.21. The van der Waals surface area contributed by atoms with Crippen LogP contribution in [0.15, 0.2) is 6.07 Å². The first-order valence-corrected chi connectivity index (χ1v) is 3.22. The third-order valence-electron chi connectivity index (χ3n) is 1.62. The van der Waals surface area contributed by atoms with Crippen molar-refractivity contribution < 1.29 is 8.78 Å². The number of anilines is 1.